The first-order valence-corrected chi connectivity index (χ1v) is 14.4. The van der Waals surface area contributed by atoms with Gasteiger partial charge in [-0.15, -0.1) is 0 Å². The van der Waals surface area contributed by atoms with Gasteiger partial charge in [0, 0.05) is 17.7 Å². The molecular formula is C32H39ClN4O4. The van der Waals surface area contributed by atoms with Crippen molar-refractivity contribution in [2.75, 3.05) is 34.4 Å². The van der Waals surface area contributed by atoms with Crippen LogP contribution in [0.15, 0.2) is 42.6 Å². The first kappa shape index (κ1) is 30.5. The summed E-state index contributed by atoms with van der Waals surface area (Å²) in [5.41, 5.74) is 4.02. The van der Waals surface area contributed by atoms with Crippen LogP contribution in [0.4, 0.5) is 0 Å². The van der Waals surface area contributed by atoms with Gasteiger partial charge in [-0.3, -0.25) is 9.78 Å². The number of ether oxygens (including phenoxy) is 2. The standard InChI is InChI=1S/C32H39ClN4O4/c1-21-10-12-24(22(2)18-21)29-28(23-11-13-25(33)27(19-23)41-17-9-16-37(3)4)35-26(20-34-29)30(38)36-32(31(39)40-5)14-7-6-8-15-32/h10-13,18-20H,6-9,14-17H2,1-5H3,(H,36,38). The third-order valence-electron chi connectivity index (χ3n) is 7.49. The van der Waals surface area contributed by atoms with E-state index in [2.05, 4.69) is 16.3 Å². The van der Waals surface area contributed by atoms with Crippen molar-refractivity contribution in [3.05, 3.63) is 64.4 Å². The van der Waals surface area contributed by atoms with Crippen LogP contribution >= 0.6 is 11.6 Å². The molecule has 8 nitrogen and oxygen atoms in total. The summed E-state index contributed by atoms with van der Waals surface area (Å²) in [4.78, 5) is 38.0. The fourth-order valence-corrected chi connectivity index (χ4v) is 5.48. The van der Waals surface area contributed by atoms with Crippen molar-refractivity contribution in [3.8, 4) is 28.3 Å². The molecule has 4 rings (SSSR count). The van der Waals surface area contributed by atoms with Gasteiger partial charge in [-0.05, 0) is 64.9 Å². The fourth-order valence-electron chi connectivity index (χ4n) is 5.31. The van der Waals surface area contributed by atoms with Gasteiger partial charge in [0.1, 0.15) is 17.0 Å². The summed E-state index contributed by atoms with van der Waals surface area (Å²) in [6.07, 6.45) is 6.05. The van der Waals surface area contributed by atoms with E-state index in [-0.39, 0.29) is 5.69 Å². The third kappa shape index (κ3) is 7.24. The molecule has 0 bridgehead atoms. The van der Waals surface area contributed by atoms with E-state index in [1.807, 2.05) is 52.2 Å². The number of amides is 1. The second-order valence-corrected chi connectivity index (χ2v) is 11.4. The maximum absolute atomic E-state index is 13.6. The number of hydrogen-bond donors (Lipinski definition) is 1. The summed E-state index contributed by atoms with van der Waals surface area (Å²) in [6.45, 7) is 5.47. The molecule has 1 amide bonds. The first-order chi connectivity index (χ1) is 19.6. The van der Waals surface area contributed by atoms with Crippen molar-refractivity contribution in [1.29, 1.82) is 0 Å². The number of carbonyl (C=O) groups is 2. The molecule has 2 aromatic carbocycles. The van der Waals surface area contributed by atoms with Crippen LogP contribution in [0.1, 0.15) is 60.1 Å². The number of benzene rings is 2. The summed E-state index contributed by atoms with van der Waals surface area (Å²) < 4.78 is 11.1. The Morgan fingerprint density at radius 3 is 2.49 bits per heavy atom. The van der Waals surface area contributed by atoms with E-state index in [1.165, 1.54) is 13.3 Å². The Hall–Kier alpha value is -3.49. The molecule has 1 aliphatic rings. The van der Waals surface area contributed by atoms with Gasteiger partial charge in [0.25, 0.3) is 5.91 Å². The number of rotatable bonds is 10. The minimum absolute atomic E-state index is 0.116. The minimum Gasteiger partial charge on any atom is -0.492 e. The van der Waals surface area contributed by atoms with Crippen LogP contribution in [0.3, 0.4) is 0 Å². The summed E-state index contributed by atoms with van der Waals surface area (Å²) in [5.74, 6) is -0.357. The smallest absolute Gasteiger partial charge is 0.331 e. The van der Waals surface area contributed by atoms with Gasteiger partial charge in [0.15, 0.2) is 0 Å². The molecule has 9 heteroatoms. The number of carbonyl (C=O) groups excluding carboxylic acids is 2. The molecule has 0 radical (unpaired) electrons. The van der Waals surface area contributed by atoms with E-state index >= 15 is 0 Å². The Labute approximate surface area is 247 Å². The molecule has 1 saturated carbocycles. The zero-order chi connectivity index (χ0) is 29.6. The lowest BCUT2D eigenvalue weighted by Crippen LogP contribution is -2.56. The maximum Gasteiger partial charge on any atom is 0.331 e. The molecule has 1 aromatic heterocycles. The Kier molecular flexibility index (Phi) is 9.99. The molecule has 0 unspecified atom stereocenters. The predicted molar refractivity (Wildman–Crippen MR) is 161 cm³/mol. The lowest BCUT2D eigenvalue weighted by Gasteiger charge is -2.35. The largest absolute Gasteiger partial charge is 0.492 e. The number of hydrogen-bond acceptors (Lipinski definition) is 7. The quantitative estimate of drug-likeness (QED) is 0.232. The number of esters is 1. The Morgan fingerprint density at radius 1 is 1.05 bits per heavy atom. The maximum atomic E-state index is 13.6. The highest BCUT2D eigenvalue weighted by molar-refractivity contribution is 6.32. The Morgan fingerprint density at radius 2 is 1.80 bits per heavy atom. The van der Waals surface area contributed by atoms with Gasteiger partial charge < -0.3 is 19.7 Å². The van der Waals surface area contributed by atoms with Gasteiger partial charge in [-0.2, -0.15) is 0 Å². The number of halogens is 1. The van der Waals surface area contributed by atoms with Crippen LogP contribution in [0.5, 0.6) is 5.75 Å². The second kappa shape index (κ2) is 13.4. The third-order valence-corrected chi connectivity index (χ3v) is 7.80. The van der Waals surface area contributed by atoms with Crippen molar-refractivity contribution in [3.63, 3.8) is 0 Å². The Bertz CT molecular complexity index is 1400. The van der Waals surface area contributed by atoms with Gasteiger partial charge in [-0.1, -0.05) is 60.7 Å². The molecular weight excluding hydrogens is 540 g/mol. The minimum atomic E-state index is -1.06. The molecule has 3 aromatic rings. The van der Waals surface area contributed by atoms with Crippen LogP contribution in [-0.2, 0) is 9.53 Å². The summed E-state index contributed by atoms with van der Waals surface area (Å²) in [5, 5.41) is 3.45. The topological polar surface area (TPSA) is 93.6 Å². The van der Waals surface area contributed by atoms with Crippen molar-refractivity contribution >= 4 is 23.5 Å². The SMILES string of the molecule is COC(=O)C1(NC(=O)c2cnc(-c3ccc(C)cc3C)c(-c3ccc(Cl)c(OCCCN(C)C)c3)n2)CCCCC1. The zero-order valence-electron chi connectivity index (χ0n) is 24.6. The molecule has 1 N–H and O–H groups in total. The second-order valence-electron chi connectivity index (χ2n) is 11.0. The van der Waals surface area contributed by atoms with Crippen molar-refractivity contribution < 1.29 is 19.1 Å². The first-order valence-electron chi connectivity index (χ1n) is 14.1. The normalized spacial score (nSPS) is 14.5. The highest BCUT2D eigenvalue weighted by atomic mass is 35.5. The van der Waals surface area contributed by atoms with E-state index < -0.39 is 17.4 Å². The van der Waals surface area contributed by atoms with Gasteiger partial charge >= 0.3 is 5.97 Å². The average molecular weight is 579 g/mol. The lowest BCUT2D eigenvalue weighted by molar-refractivity contribution is -0.149. The van der Waals surface area contributed by atoms with Crippen LogP contribution in [-0.4, -0.2) is 66.6 Å². The molecule has 0 saturated heterocycles. The summed E-state index contributed by atoms with van der Waals surface area (Å²) in [7, 11) is 5.39. The van der Waals surface area contributed by atoms with Gasteiger partial charge in [-0.25, -0.2) is 9.78 Å². The number of nitrogens with one attached hydrogen (secondary N) is 1. The molecule has 1 aliphatic carbocycles. The number of nitrogens with zero attached hydrogens (tertiary/aromatic N) is 3. The highest BCUT2D eigenvalue weighted by Crippen LogP contribution is 2.36. The molecule has 1 fully saturated rings. The summed E-state index contributed by atoms with van der Waals surface area (Å²) >= 11 is 6.49. The fraction of sp³-hybridized carbons (Fsp3) is 0.438. The van der Waals surface area contributed by atoms with Gasteiger partial charge in [0.2, 0.25) is 0 Å². The molecule has 0 spiro atoms. The van der Waals surface area contributed by atoms with Crippen LogP contribution in [0.2, 0.25) is 5.02 Å². The summed E-state index contributed by atoms with van der Waals surface area (Å²) in [6, 6.07) is 11.6. The number of methoxy groups -OCH3 is 1. The van der Waals surface area contributed by atoms with Gasteiger partial charge in [0.05, 0.1) is 36.3 Å². The van der Waals surface area contributed by atoms with E-state index in [0.29, 0.717) is 41.6 Å². The molecule has 218 valence electrons. The van der Waals surface area contributed by atoms with Crippen LogP contribution in [0.25, 0.3) is 22.5 Å². The number of aryl methyl sites for hydroxylation is 2. The van der Waals surface area contributed by atoms with Crippen molar-refractivity contribution in [2.45, 2.75) is 57.9 Å². The molecule has 41 heavy (non-hydrogen) atoms. The lowest BCUT2D eigenvalue weighted by atomic mass is 9.81. The van der Waals surface area contributed by atoms with Crippen molar-refractivity contribution in [1.82, 2.24) is 20.2 Å². The average Bonchev–Trinajstić information content (AvgIpc) is 2.96. The van der Waals surface area contributed by atoms with Crippen molar-refractivity contribution in [2.24, 2.45) is 0 Å². The van der Waals surface area contributed by atoms with E-state index in [0.717, 1.165) is 54.5 Å². The predicted octanol–water partition coefficient (Wildman–Crippen LogP) is 6.02. The number of aromatic nitrogens is 2. The van der Waals surface area contributed by atoms with E-state index in [1.54, 1.807) is 6.07 Å². The Balaban J connectivity index is 1.75. The molecule has 1 heterocycles. The molecule has 0 aliphatic heterocycles. The van der Waals surface area contributed by atoms with E-state index in [4.69, 9.17) is 31.0 Å². The van der Waals surface area contributed by atoms with Crippen LogP contribution in [0, 0.1) is 13.8 Å². The monoisotopic (exact) mass is 578 g/mol. The highest BCUT2D eigenvalue weighted by Gasteiger charge is 2.42. The molecule has 0 atom stereocenters. The van der Waals surface area contributed by atoms with E-state index in [9.17, 15) is 9.59 Å². The zero-order valence-corrected chi connectivity index (χ0v) is 25.3. The van der Waals surface area contributed by atoms with Crippen LogP contribution < -0.4 is 10.1 Å².